The highest BCUT2D eigenvalue weighted by Crippen LogP contribution is 2.28. The summed E-state index contributed by atoms with van der Waals surface area (Å²) < 4.78 is 14.4. The summed E-state index contributed by atoms with van der Waals surface area (Å²) in [5.41, 5.74) is 2.12. The molecule has 0 saturated heterocycles. The average Bonchev–Trinajstić information content (AvgIpc) is 2.87. The second kappa shape index (κ2) is 7.40. The van der Waals surface area contributed by atoms with Crippen molar-refractivity contribution < 1.29 is 4.74 Å². The summed E-state index contributed by atoms with van der Waals surface area (Å²) in [4.78, 5) is 0. The van der Waals surface area contributed by atoms with Crippen LogP contribution < -0.4 is 10.1 Å². The fraction of sp³-hybridized carbons (Fsp3) is 0.571. The first-order valence-electron chi connectivity index (χ1n) is 6.83. The number of unbranched alkanes of at least 4 members (excludes halogenated alkanes) is 2. The van der Waals surface area contributed by atoms with Gasteiger partial charge in [-0.25, -0.2) is 0 Å². The summed E-state index contributed by atoms with van der Waals surface area (Å²) in [6, 6.07) is 0.320. The molecule has 4 nitrogen and oxygen atoms in total. The van der Waals surface area contributed by atoms with Crippen molar-refractivity contribution >= 4 is 17.3 Å². The van der Waals surface area contributed by atoms with Gasteiger partial charge >= 0.3 is 0 Å². The highest BCUT2D eigenvalue weighted by atomic mass is 32.1. The third-order valence-electron chi connectivity index (χ3n) is 3.20. The van der Waals surface area contributed by atoms with E-state index >= 15 is 0 Å². The topological polar surface area (TPSA) is 47.0 Å². The van der Waals surface area contributed by atoms with Gasteiger partial charge in [0.1, 0.15) is 5.69 Å². The molecule has 0 spiro atoms. The molecule has 1 unspecified atom stereocenters. The van der Waals surface area contributed by atoms with Gasteiger partial charge in [-0.3, -0.25) is 0 Å². The van der Waals surface area contributed by atoms with Crippen molar-refractivity contribution in [1.29, 1.82) is 0 Å². The molecule has 0 aliphatic carbocycles. The Morgan fingerprint density at radius 3 is 3.21 bits per heavy atom. The van der Waals surface area contributed by atoms with Crippen LogP contribution in [0.1, 0.15) is 38.3 Å². The molecule has 1 N–H and O–H groups in total. The Kier molecular flexibility index (Phi) is 5.54. The van der Waals surface area contributed by atoms with Crippen LogP contribution >= 0.6 is 11.7 Å². The summed E-state index contributed by atoms with van der Waals surface area (Å²) in [6.07, 6.45) is 8.39. The van der Waals surface area contributed by atoms with Gasteiger partial charge in [-0.1, -0.05) is 12.2 Å². The largest absolute Gasteiger partial charge is 0.475 e. The van der Waals surface area contributed by atoms with E-state index in [-0.39, 0.29) is 0 Å². The first kappa shape index (κ1) is 14.2. The van der Waals surface area contributed by atoms with Crippen LogP contribution in [0.2, 0.25) is 0 Å². The summed E-state index contributed by atoms with van der Waals surface area (Å²) in [6.45, 7) is 7.59. The SMILES string of the molecule is C=CCCCCOc1nsnc1C1=CCCNC1C. The lowest BCUT2D eigenvalue weighted by atomic mass is 10.0. The number of rotatable bonds is 7. The first-order valence-corrected chi connectivity index (χ1v) is 7.56. The summed E-state index contributed by atoms with van der Waals surface area (Å²) >= 11 is 1.22. The van der Waals surface area contributed by atoms with Gasteiger partial charge in [-0.15, -0.1) is 11.0 Å². The fourth-order valence-electron chi connectivity index (χ4n) is 2.13. The number of hydrogen-bond acceptors (Lipinski definition) is 5. The maximum Gasteiger partial charge on any atom is 0.253 e. The number of ether oxygens (including phenoxy) is 1. The standard InChI is InChI=1S/C14H21N3OS/c1-3-4-5-6-10-18-14-13(16-19-17-14)12-8-7-9-15-11(12)2/h3,8,11,15H,1,4-7,9-10H2,2H3. The van der Waals surface area contributed by atoms with Crippen LogP contribution in [-0.2, 0) is 0 Å². The second-order valence-electron chi connectivity index (χ2n) is 4.67. The van der Waals surface area contributed by atoms with Crippen molar-refractivity contribution in [2.75, 3.05) is 13.2 Å². The van der Waals surface area contributed by atoms with Crippen molar-refractivity contribution in [3.05, 3.63) is 24.4 Å². The second-order valence-corrected chi connectivity index (χ2v) is 5.20. The van der Waals surface area contributed by atoms with Crippen LogP contribution in [0.5, 0.6) is 5.88 Å². The Hall–Kier alpha value is -1.20. The average molecular weight is 279 g/mol. The summed E-state index contributed by atoms with van der Waals surface area (Å²) in [5.74, 6) is 0.686. The molecule has 0 bridgehead atoms. The minimum Gasteiger partial charge on any atom is -0.475 e. The van der Waals surface area contributed by atoms with Gasteiger partial charge in [-0.2, -0.15) is 4.37 Å². The van der Waals surface area contributed by atoms with Gasteiger partial charge in [0.2, 0.25) is 0 Å². The minimum atomic E-state index is 0.320. The smallest absolute Gasteiger partial charge is 0.253 e. The van der Waals surface area contributed by atoms with Gasteiger partial charge < -0.3 is 10.1 Å². The van der Waals surface area contributed by atoms with E-state index in [9.17, 15) is 0 Å². The molecule has 0 radical (unpaired) electrons. The minimum absolute atomic E-state index is 0.320. The molecule has 1 aromatic rings. The van der Waals surface area contributed by atoms with Crippen LogP contribution in [0.15, 0.2) is 18.7 Å². The van der Waals surface area contributed by atoms with Gasteiger partial charge in [0.05, 0.1) is 18.3 Å². The quantitative estimate of drug-likeness (QED) is 0.615. The maximum atomic E-state index is 5.76. The Bertz CT molecular complexity index is 442. The molecular weight excluding hydrogens is 258 g/mol. The number of nitrogens with one attached hydrogen (secondary N) is 1. The molecule has 1 atom stereocenters. The molecule has 0 fully saturated rings. The maximum absolute atomic E-state index is 5.76. The van der Waals surface area contributed by atoms with Crippen molar-refractivity contribution in [2.45, 2.75) is 38.6 Å². The van der Waals surface area contributed by atoms with E-state index in [1.54, 1.807) is 0 Å². The van der Waals surface area contributed by atoms with Gasteiger partial charge in [-0.05, 0) is 44.7 Å². The highest BCUT2D eigenvalue weighted by Gasteiger charge is 2.21. The molecule has 1 aliphatic rings. The Morgan fingerprint density at radius 1 is 1.53 bits per heavy atom. The number of allylic oxidation sites excluding steroid dienone is 1. The van der Waals surface area contributed by atoms with Crippen molar-refractivity contribution in [1.82, 2.24) is 14.1 Å². The van der Waals surface area contributed by atoms with E-state index in [1.807, 2.05) is 6.08 Å². The fourth-order valence-corrected chi connectivity index (χ4v) is 2.65. The lowest BCUT2D eigenvalue weighted by Crippen LogP contribution is -2.31. The van der Waals surface area contributed by atoms with E-state index in [0.29, 0.717) is 18.5 Å². The van der Waals surface area contributed by atoms with Gasteiger partial charge in [0.25, 0.3) is 5.88 Å². The van der Waals surface area contributed by atoms with Crippen LogP contribution in [0.4, 0.5) is 0 Å². The van der Waals surface area contributed by atoms with Gasteiger partial charge in [0.15, 0.2) is 0 Å². The predicted molar refractivity (Wildman–Crippen MR) is 79.5 cm³/mol. The van der Waals surface area contributed by atoms with E-state index in [1.165, 1.54) is 17.3 Å². The third-order valence-corrected chi connectivity index (χ3v) is 3.71. The molecule has 1 aromatic heterocycles. The molecular formula is C14H21N3OS. The van der Waals surface area contributed by atoms with Crippen LogP contribution in [-0.4, -0.2) is 27.9 Å². The molecule has 19 heavy (non-hydrogen) atoms. The Morgan fingerprint density at radius 2 is 2.42 bits per heavy atom. The summed E-state index contributed by atoms with van der Waals surface area (Å²) in [7, 11) is 0. The number of aromatic nitrogens is 2. The molecule has 2 rings (SSSR count). The number of hydrogen-bond donors (Lipinski definition) is 1. The molecule has 0 aromatic carbocycles. The Balaban J connectivity index is 1.93. The predicted octanol–water partition coefficient (Wildman–Crippen LogP) is 3.04. The van der Waals surface area contributed by atoms with Crippen LogP contribution in [0.3, 0.4) is 0 Å². The zero-order chi connectivity index (χ0) is 13.5. The molecule has 0 saturated carbocycles. The lowest BCUT2D eigenvalue weighted by molar-refractivity contribution is 0.297. The van der Waals surface area contributed by atoms with Crippen LogP contribution in [0, 0.1) is 0 Å². The molecule has 1 aliphatic heterocycles. The number of nitrogens with zero attached hydrogens (tertiary/aromatic N) is 2. The first-order chi connectivity index (χ1) is 9.33. The summed E-state index contributed by atoms with van der Waals surface area (Å²) in [5, 5.41) is 3.43. The normalized spacial score (nSPS) is 19.0. The third kappa shape index (κ3) is 3.88. The van der Waals surface area contributed by atoms with E-state index in [2.05, 4.69) is 33.6 Å². The molecule has 5 heteroatoms. The molecule has 2 heterocycles. The van der Waals surface area contributed by atoms with E-state index in [4.69, 9.17) is 4.74 Å². The zero-order valence-corrected chi connectivity index (χ0v) is 12.2. The Labute approximate surface area is 118 Å². The van der Waals surface area contributed by atoms with E-state index < -0.39 is 0 Å². The van der Waals surface area contributed by atoms with Crippen molar-refractivity contribution in [3.63, 3.8) is 0 Å². The van der Waals surface area contributed by atoms with Gasteiger partial charge in [0, 0.05) is 6.04 Å². The van der Waals surface area contributed by atoms with Crippen molar-refractivity contribution in [3.8, 4) is 5.88 Å². The van der Waals surface area contributed by atoms with E-state index in [0.717, 1.165) is 37.9 Å². The zero-order valence-electron chi connectivity index (χ0n) is 11.4. The lowest BCUT2D eigenvalue weighted by Gasteiger charge is -2.21. The van der Waals surface area contributed by atoms with Crippen molar-refractivity contribution in [2.24, 2.45) is 0 Å². The highest BCUT2D eigenvalue weighted by molar-refractivity contribution is 6.99. The van der Waals surface area contributed by atoms with Crippen LogP contribution in [0.25, 0.3) is 5.57 Å². The molecule has 104 valence electrons. The monoisotopic (exact) mass is 279 g/mol. The molecule has 0 amide bonds.